The Kier molecular flexibility index (Phi) is 3.12. The molecule has 1 N–H and O–H groups in total. The minimum absolute atomic E-state index is 0.0604. The average Bonchev–Trinajstić information content (AvgIpc) is 2.28. The molecule has 0 radical (unpaired) electrons. The van der Waals surface area contributed by atoms with Crippen molar-refractivity contribution >= 4 is 11.5 Å². The Bertz CT molecular complexity index is 515. The first-order chi connectivity index (χ1) is 8.38. The third-order valence-electron chi connectivity index (χ3n) is 3.15. The summed E-state index contributed by atoms with van der Waals surface area (Å²) in [5.74, 6) is -0.0604. The fraction of sp³-hybridized carbons (Fsp3) is 0.312. The van der Waals surface area contributed by atoms with E-state index in [4.69, 9.17) is 0 Å². The van der Waals surface area contributed by atoms with Gasteiger partial charge in [0.15, 0.2) is 0 Å². The molecular formula is C16H19NO. The van der Waals surface area contributed by atoms with Gasteiger partial charge >= 0.3 is 0 Å². The molecule has 1 aromatic carbocycles. The van der Waals surface area contributed by atoms with Gasteiger partial charge in [0.2, 0.25) is 0 Å². The van der Waals surface area contributed by atoms with E-state index < -0.39 is 0 Å². The zero-order valence-electron chi connectivity index (χ0n) is 11.2. The molecule has 18 heavy (non-hydrogen) atoms. The number of nitrogens with one attached hydrogen (secondary N) is 1. The molecule has 0 atom stereocenters. The minimum Gasteiger partial charge on any atom is -0.326 e. The van der Waals surface area contributed by atoms with Crippen molar-refractivity contribution in [3.63, 3.8) is 0 Å². The lowest BCUT2D eigenvalue weighted by molar-refractivity contribution is -0.115. The van der Waals surface area contributed by atoms with Crippen LogP contribution in [-0.2, 0) is 10.2 Å². The standard InChI is InChI=1S/C16H19NO/c1-11-5-10-14(15(18)17-11)12-6-8-13(9-7-12)16(2,3)4/h6-10H,1,5H2,2-4H3,(H,17,18). The van der Waals surface area contributed by atoms with Gasteiger partial charge in [0.25, 0.3) is 5.91 Å². The molecular weight excluding hydrogens is 222 g/mol. The highest BCUT2D eigenvalue weighted by Crippen LogP contribution is 2.26. The monoisotopic (exact) mass is 241 g/mol. The Morgan fingerprint density at radius 1 is 1.17 bits per heavy atom. The number of allylic oxidation sites excluding steroid dienone is 1. The molecule has 1 aromatic rings. The van der Waals surface area contributed by atoms with E-state index in [1.807, 2.05) is 18.2 Å². The predicted molar refractivity (Wildman–Crippen MR) is 75.0 cm³/mol. The highest BCUT2D eigenvalue weighted by Gasteiger charge is 2.18. The summed E-state index contributed by atoms with van der Waals surface area (Å²) in [6, 6.07) is 8.21. The average molecular weight is 241 g/mol. The summed E-state index contributed by atoms with van der Waals surface area (Å²) in [6.07, 6.45) is 2.65. The molecule has 1 aliphatic rings. The molecule has 0 spiro atoms. The van der Waals surface area contributed by atoms with Gasteiger partial charge in [-0.2, -0.15) is 0 Å². The summed E-state index contributed by atoms with van der Waals surface area (Å²) in [5.41, 5.74) is 3.87. The summed E-state index contributed by atoms with van der Waals surface area (Å²) < 4.78 is 0. The molecule has 0 aromatic heterocycles. The summed E-state index contributed by atoms with van der Waals surface area (Å²) in [7, 11) is 0. The van der Waals surface area contributed by atoms with Crippen LogP contribution in [0.4, 0.5) is 0 Å². The Morgan fingerprint density at radius 3 is 2.28 bits per heavy atom. The van der Waals surface area contributed by atoms with Gasteiger partial charge in [-0.1, -0.05) is 57.7 Å². The van der Waals surface area contributed by atoms with E-state index in [0.717, 1.165) is 16.8 Å². The lowest BCUT2D eigenvalue weighted by Gasteiger charge is -2.20. The Balaban J connectivity index is 2.31. The topological polar surface area (TPSA) is 29.1 Å². The number of hydrogen-bond acceptors (Lipinski definition) is 1. The first kappa shape index (κ1) is 12.6. The second kappa shape index (κ2) is 4.45. The van der Waals surface area contributed by atoms with Crippen LogP contribution in [0.5, 0.6) is 0 Å². The third-order valence-corrected chi connectivity index (χ3v) is 3.15. The van der Waals surface area contributed by atoms with Gasteiger partial charge in [-0.15, -0.1) is 0 Å². The van der Waals surface area contributed by atoms with Crippen molar-refractivity contribution in [3.8, 4) is 0 Å². The second-order valence-corrected chi connectivity index (χ2v) is 5.71. The molecule has 0 bridgehead atoms. The summed E-state index contributed by atoms with van der Waals surface area (Å²) >= 11 is 0. The summed E-state index contributed by atoms with van der Waals surface area (Å²) in [6.45, 7) is 10.3. The Labute approximate surface area is 108 Å². The normalized spacial score (nSPS) is 16.3. The number of benzene rings is 1. The van der Waals surface area contributed by atoms with Gasteiger partial charge in [0.1, 0.15) is 0 Å². The van der Waals surface area contributed by atoms with Crippen LogP contribution in [0.25, 0.3) is 5.57 Å². The lowest BCUT2D eigenvalue weighted by atomic mass is 9.86. The van der Waals surface area contributed by atoms with Crippen LogP contribution < -0.4 is 5.32 Å². The molecule has 0 saturated heterocycles. The van der Waals surface area contributed by atoms with Gasteiger partial charge in [-0.25, -0.2) is 0 Å². The van der Waals surface area contributed by atoms with Crippen molar-refractivity contribution < 1.29 is 4.79 Å². The van der Waals surface area contributed by atoms with Crippen molar-refractivity contribution in [2.45, 2.75) is 32.6 Å². The molecule has 94 valence electrons. The molecule has 1 heterocycles. The van der Waals surface area contributed by atoms with Gasteiger partial charge in [-0.3, -0.25) is 4.79 Å². The van der Waals surface area contributed by atoms with Crippen molar-refractivity contribution in [3.05, 3.63) is 53.7 Å². The van der Waals surface area contributed by atoms with Crippen molar-refractivity contribution in [2.24, 2.45) is 0 Å². The van der Waals surface area contributed by atoms with E-state index in [1.54, 1.807) is 0 Å². The maximum atomic E-state index is 11.8. The SMILES string of the molecule is C=C1CC=C(c2ccc(C(C)(C)C)cc2)C(=O)N1. The van der Waals surface area contributed by atoms with Gasteiger partial charge in [-0.05, 0) is 16.5 Å². The summed E-state index contributed by atoms with van der Waals surface area (Å²) in [4.78, 5) is 11.8. The zero-order chi connectivity index (χ0) is 13.3. The van der Waals surface area contributed by atoms with Crippen LogP contribution in [-0.4, -0.2) is 5.91 Å². The number of carbonyl (C=O) groups is 1. The van der Waals surface area contributed by atoms with Crippen molar-refractivity contribution in [2.75, 3.05) is 0 Å². The number of amides is 1. The van der Waals surface area contributed by atoms with Crippen molar-refractivity contribution in [1.82, 2.24) is 5.32 Å². The highest BCUT2D eigenvalue weighted by atomic mass is 16.1. The van der Waals surface area contributed by atoms with E-state index in [-0.39, 0.29) is 11.3 Å². The van der Waals surface area contributed by atoms with E-state index in [0.29, 0.717) is 6.42 Å². The van der Waals surface area contributed by atoms with Crippen LogP contribution in [0.3, 0.4) is 0 Å². The zero-order valence-corrected chi connectivity index (χ0v) is 11.2. The van der Waals surface area contributed by atoms with Gasteiger partial charge in [0, 0.05) is 17.7 Å². The number of rotatable bonds is 1. The fourth-order valence-electron chi connectivity index (χ4n) is 2.00. The van der Waals surface area contributed by atoms with Crippen LogP contribution in [0.1, 0.15) is 38.3 Å². The predicted octanol–water partition coefficient (Wildman–Crippen LogP) is 3.40. The molecule has 2 heteroatoms. The van der Waals surface area contributed by atoms with E-state index in [9.17, 15) is 4.79 Å². The molecule has 2 rings (SSSR count). The van der Waals surface area contributed by atoms with Crippen LogP contribution in [0, 0.1) is 0 Å². The highest BCUT2D eigenvalue weighted by molar-refractivity contribution is 6.20. The fourth-order valence-corrected chi connectivity index (χ4v) is 2.00. The lowest BCUT2D eigenvalue weighted by Crippen LogP contribution is -2.26. The Morgan fingerprint density at radius 2 is 1.78 bits per heavy atom. The van der Waals surface area contributed by atoms with Crippen LogP contribution in [0.2, 0.25) is 0 Å². The molecule has 0 aliphatic carbocycles. The van der Waals surface area contributed by atoms with E-state index in [1.165, 1.54) is 5.56 Å². The van der Waals surface area contributed by atoms with Gasteiger partial charge < -0.3 is 5.32 Å². The second-order valence-electron chi connectivity index (χ2n) is 5.71. The number of carbonyl (C=O) groups excluding carboxylic acids is 1. The minimum atomic E-state index is -0.0604. The quantitative estimate of drug-likeness (QED) is 0.802. The molecule has 0 unspecified atom stereocenters. The molecule has 0 fully saturated rings. The van der Waals surface area contributed by atoms with Crippen molar-refractivity contribution in [1.29, 1.82) is 0 Å². The molecule has 0 saturated carbocycles. The van der Waals surface area contributed by atoms with E-state index >= 15 is 0 Å². The first-order valence-corrected chi connectivity index (χ1v) is 6.18. The molecule has 2 nitrogen and oxygen atoms in total. The van der Waals surface area contributed by atoms with Crippen LogP contribution in [0.15, 0.2) is 42.6 Å². The first-order valence-electron chi connectivity index (χ1n) is 6.18. The number of hydrogen-bond donors (Lipinski definition) is 1. The third kappa shape index (κ3) is 2.53. The van der Waals surface area contributed by atoms with Gasteiger partial charge in [0.05, 0.1) is 0 Å². The summed E-state index contributed by atoms with van der Waals surface area (Å²) in [5, 5.41) is 2.77. The van der Waals surface area contributed by atoms with Crippen LogP contribution >= 0.6 is 0 Å². The smallest absolute Gasteiger partial charge is 0.255 e. The maximum Gasteiger partial charge on any atom is 0.255 e. The Hall–Kier alpha value is -1.83. The largest absolute Gasteiger partial charge is 0.326 e. The maximum absolute atomic E-state index is 11.8. The molecule has 1 amide bonds. The molecule has 1 aliphatic heterocycles. The van der Waals surface area contributed by atoms with E-state index in [2.05, 4.69) is 44.8 Å².